The summed E-state index contributed by atoms with van der Waals surface area (Å²) < 4.78 is 12.9. The van der Waals surface area contributed by atoms with Gasteiger partial charge in [-0.05, 0) is 116 Å². The largest absolute Gasteiger partial charge is 0.508 e. The number of rotatable bonds is 11. The molecule has 1 aromatic heterocycles. The smallest absolute Gasteiger partial charge is 0.336 e. The summed E-state index contributed by atoms with van der Waals surface area (Å²) >= 11 is 11.5. The Hall–Kier alpha value is -6.70. The van der Waals surface area contributed by atoms with Crippen LogP contribution in [0.3, 0.4) is 0 Å². The summed E-state index contributed by atoms with van der Waals surface area (Å²) in [5.41, 5.74) is 4.32. The minimum atomic E-state index is -1.18. The number of phenols is 1. The van der Waals surface area contributed by atoms with Crippen LogP contribution in [0.2, 0.25) is 5.02 Å². The van der Waals surface area contributed by atoms with Crippen molar-refractivity contribution in [2.45, 2.75) is 19.8 Å². The van der Waals surface area contributed by atoms with Crippen LogP contribution in [-0.4, -0.2) is 57.9 Å². The van der Waals surface area contributed by atoms with Crippen LogP contribution in [0.15, 0.2) is 106 Å². The molecule has 0 bridgehead atoms. The summed E-state index contributed by atoms with van der Waals surface area (Å²) in [7, 11) is 1.56. The lowest BCUT2D eigenvalue weighted by Crippen LogP contribution is -2.32. The number of nitrogens with zero attached hydrogens (tertiary/aromatic N) is 1. The van der Waals surface area contributed by atoms with Gasteiger partial charge in [0, 0.05) is 69.1 Å². The topological polar surface area (TPSA) is 172 Å². The lowest BCUT2D eigenvalue weighted by molar-refractivity contribution is -0.120. The number of hydrogen-bond acceptors (Lipinski definition) is 8. The molecule has 7 rings (SSSR count). The fourth-order valence-corrected chi connectivity index (χ4v) is 7.22. The van der Waals surface area contributed by atoms with Crippen LogP contribution in [0, 0.1) is 6.92 Å². The number of fused-ring (bicyclic) bond motifs is 3. The Morgan fingerprint density at radius 3 is 2.39 bits per heavy atom. The molecule has 0 unspecified atom stereocenters. The molecule has 0 fully saturated rings. The predicted octanol–water partition coefficient (Wildman–Crippen LogP) is 7.62. The highest BCUT2D eigenvalue weighted by Gasteiger charge is 2.24. The first kappa shape index (κ1) is 38.6. The van der Waals surface area contributed by atoms with Gasteiger partial charge in [-0.25, -0.2) is 4.79 Å². The zero-order chi connectivity index (χ0) is 40.4. The van der Waals surface area contributed by atoms with Gasteiger partial charge in [0.25, 0.3) is 5.91 Å². The van der Waals surface area contributed by atoms with Gasteiger partial charge in [-0.15, -0.1) is 0 Å². The lowest BCUT2D eigenvalue weighted by Gasteiger charge is -2.18. The van der Waals surface area contributed by atoms with Crippen molar-refractivity contribution in [2.75, 3.05) is 25.5 Å². The highest BCUT2D eigenvalue weighted by Crippen LogP contribution is 2.42. The number of methoxy groups -OCH3 is 1. The van der Waals surface area contributed by atoms with E-state index in [1.54, 1.807) is 72.3 Å². The number of aromatic hydroxyl groups is 1. The molecule has 0 saturated heterocycles. The van der Waals surface area contributed by atoms with Crippen molar-refractivity contribution in [2.24, 2.45) is 0 Å². The molecule has 14 heteroatoms. The van der Waals surface area contributed by atoms with E-state index in [1.807, 2.05) is 13.0 Å². The van der Waals surface area contributed by atoms with Gasteiger partial charge in [0.2, 0.25) is 5.91 Å². The summed E-state index contributed by atoms with van der Waals surface area (Å²) in [6, 6.07) is 25.7. The minimum absolute atomic E-state index is 0.0234. The van der Waals surface area contributed by atoms with Crippen LogP contribution in [0.5, 0.6) is 11.5 Å². The molecular weight excluding hydrogens is 768 g/mol. The molecule has 0 spiro atoms. The van der Waals surface area contributed by atoms with E-state index < -0.39 is 5.97 Å². The predicted molar refractivity (Wildman–Crippen MR) is 223 cm³/mol. The van der Waals surface area contributed by atoms with Crippen molar-refractivity contribution in [1.82, 2.24) is 15.2 Å². The number of nitrogens with one attached hydrogen (secondary N) is 3. The molecule has 5 aromatic rings. The molecule has 1 aliphatic heterocycles. The van der Waals surface area contributed by atoms with Gasteiger partial charge >= 0.3 is 5.97 Å². The maximum atomic E-state index is 13.6. The normalized spacial score (nSPS) is 11.1. The molecule has 2 heterocycles. The minimum Gasteiger partial charge on any atom is -0.508 e. The third kappa shape index (κ3) is 8.02. The summed E-state index contributed by atoms with van der Waals surface area (Å²) in [6.45, 7) is 2.56. The Morgan fingerprint density at radius 1 is 0.877 bits per heavy atom. The fraction of sp³-hybridized carbons (Fsp3) is 0.140. The average Bonchev–Trinajstić information content (AvgIpc) is 3.45. The number of phenolic OH excluding ortho intramolecular Hbond substituents is 1. The van der Waals surface area contributed by atoms with Crippen molar-refractivity contribution in [3.63, 3.8) is 0 Å². The van der Waals surface area contributed by atoms with E-state index in [0.717, 1.165) is 5.39 Å². The van der Waals surface area contributed by atoms with E-state index >= 15 is 0 Å². The van der Waals surface area contributed by atoms with Gasteiger partial charge in [-0.3, -0.25) is 19.0 Å². The van der Waals surface area contributed by atoms with Crippen LogP contribution in [0.25, 0.3) is 44.3 Å². The number of aromatic carboxylic acids is 1. The van der Waals surface area contributed by atoms with Crippen LogP contribution in [0.1, 0.15) is 38.4 Å². The van der Waals surface area contributed by atoms with Crippen molar-refractivity contribution in [3.8, 4) is 33.9 Å². The third-order valence-corrected chi connectivity index (χ3v) is 10.1. The van der Waals surface area contributed by atoms with Crippen molar-refractivity contribution < 1.29 is 33.8 Å². The highest BCUT2D eigenvalue weighted by atomic mass is 35.5. The number of benzene rings is 5. The highest BCUT2D eigenvalue weighted by molar-refractivity contribution is 7.80. The maximum Gasteiger partial charge on any atom is 0.336 e. The number of amides is 1. The number of anilines is 1. The molecule has 5 N–H and O–H groups in total. The SMILES string of the molecule is COc1ccc2c(c1)c(CC(=O)NCCCNC(=S)Nc1ccc(-c3c4ccc(=O)cc-4oc4cc(O)ccc34)c(C(=O)O)c1)c(C)n2C(=O)c1ccc(Cl)cc1. The zero-order valence-corrected chi connectivity index (χ0v) is 32.2. The summed E-state index contributed by atoms with van der Waals surface area (Å²) in [5, 5.41) is 31.5. The number of carbonyl (C=O) groups is 3. The van der Waals surface area contributed by atoms with Gasteiger partial charge in [-0.2, -0.15) is 0 Å². The summed E-state index contributed by atoms with van der Waals surface area (Å²) in [4.78, 5) is 51.5. The number of thiocarbonyl (C=S) groups is 1. The van der Waals surface area contributed by atoms with Gasteiger partial charge in [0.1, 0.15) is 22.8 Å². The summed E-state index contributed by atoms with van der Waals surface area (Å²) in [6.07, 6.45) is 0.563. The molecule has 12 nitrogen and oxygen atoms in total. The van der Waals surface area contributed by atoms with E-state index in [1.165, 1.54) is 30.3 Å². The monoisotopic (exact) mass is 802 g/mol. The fourth-order valence-electron chi connectivity index (χ4n) is 6.88. The average molecular weight is 803 g/mol. The Balaban J connectivity index is 0.993. The first-order chi connectivity index (χ1) is 27.4. The van der Waals surface area contributed by atoms with E-state index in [0.29, 0.717) is 80.4 Å². The molecular formula is C43H35ClN4O8S. The number of carboxylic acids is 1. The van der Waals surface area contributed by atoms with E-state index in [4.69, 9.17) is 33.0 Å². The zero-order valence-electron chi connectivity index (χ0n) is 30.6. The van der Waals surface area contributed by atoms with Crippen LogP contribution >= 0.6 is 23.8 Å². The molecule has 288 valence electrons. The Bertz CT molecular complexity index is 2760. The second-order valence-electron chi connectivity index (χ2n) is 13.2. The first-order valence-corrected chi connectivity index (χ1v) is 18.6. The molecule has 0 atom stereocenters. The van der Waals surface area contributed by atoms with Crippen LogP contribution in [0.4, 0.5) is 5.69 Å². The third-order valence-electron chi connectivity index (χ3n) is 9.59. The lowest BCUT2D eigenvalue weighted by atomic mass is 9.90. The van der Waals surface area contributed by atoms with Gasteiger partial charge in [0.15, 0.2) is 10.5 Å². The number of aromatic nitrogens is 1. The van der Waals surface area contributed by atoms with Gasteiger partial charge < -0.3 is 35.3 Å². The van der Waals surface area contributed by atoms with Gasteiger partial charge in [0.05, 0.1) is 24.6 Å². The molecule has 0 saturated carbocycles. The molecule has 1 amide bonds. The first-order valence-electron chi connectivity index (χ1n) is 17.8. The number of ether oxygens (including phenoxy) is 1. The quantitative estimate of drug-likeness (QED) is 0.0495. The Morgan fingerprint density at radius 2 is 1.63 bits per heavy atom. The van der Waals surface area contributed by atoms with Crippen molar-refractivity contribution in [3.05, 3.63) is 135 Å². The Labute approximate surface area is 336 Å². The van der Waals surface area contributed by atoms with E-state index in [2.05, 4.69) is 16.0 Å². The number of carboxylic acid groups (broad SMARTS) is 1. The molecule has 2 aliphatic rings. The van der Waals surface area contributed by atoms with Crippen molar-refractivity contribution >= 4 is 74.3 Å². The second-order valence-corrected chi connectivity index (χ2v) is 14.1. The Kier molecular flexibility index (Phi) is 11.0. The number of carbonyl (C=O) groups excluding carboxylic acids is 2. The van der Waals surface area contributed by atoms with Gasteiger partial charge in [-0.1, -0.05) is 17.7 Å². The molecule has 1 aliphatic carbocycles. The van der Waals surface area contributed by atoms with E-state index in [9.17, 15) is 29.4 Å². The molecule has 0 radical (unpaired) electrons. The maximum absolute atomic E-state index is 13.6. The molecule has 57 heavy (non-hydrogen) atoms. The van der Waals surface area contributed by atoms with Crippen LogP contribution < -0.4 is 26.1 Å². The van der Waals surface area contributed by atoms with E-state index in [-0.39, 0.29) is 51.4 Å². The van der Waals surface area contributed by atoms with Crippen molar-refractivity contribution in [1.29, 1.82) is 0 Å². The number of hydrogen-bond donors (Lipinski definition) is 5. The summed E-state index contributed by atoms with van der Waals surface area (Å²) in [5.74, 6) is -0.843. The number of halogens is 1. The standard InChI is InChI=1S/C43H35ClN4O8S/c1-23-33(34-21-29(55-2)11-15-36(34)48(23)41(52)24-4-6-25(44)7-5-24)22-39(51)45-16-3-17-46-43(57)47-26-8-12-30(35(18-26)42(53)54)40-31-13-9-27(49)19-37(31)56-38-20-28(50)10-14-32(38)40/h4-15,18-21,49H,3,16-17,22H2,1-2H3,(H,45,51)(H,53,54)(H2,46,47,57). The molecule has 4 aromatic carbocycles. The van der Waals surface area contributed by atoms with Crippen LogP contribution in [-0.2, 0) is 11.2 Å². The second kappa shape index (κ2) is 16.2.